The Bertz CT molecular complexity index is 928. The third kappa shape index (κ3) is 3.96. The van der Waals surface area contributed by atoms with Gasteiger partial charge in [0.1, 0.15) is 18.0 Å². The van der Waals surface area contributed by atoms with Crippen molar-refractivity contribution >= 4 is 34.8 Å². The van der Waals surface area contributed by atoms with Gasteiger partial charge in [0.05, 0.1) is 18.5 Å². The molecule has 0 saturated carbocycles. The van der Waals surface area contributed by atoms with Crippen molar-refractivity contribution in [1.29, 1.82) is 0 Å². The lowest BCUT2D eigenvalue weighted by Crippen LogP contribution is -2.53. The zero-order chi connectivity index (χ0) is 20.4. The summed E-state index contributed by atoms with van der Waals surface area (Å²) in [6.07, 6.45) is 0. The minimum absolute atomic E-state index is 0.0236. The van der Waals surface area contributed by atoms with Gasteiger partial charge in [-0.05, 0) is 30.3 Å². The number of hydrogen-bond donors (Lipinski definition) is 0. The fraction of sp³-hybridized carbons (Fsp3) is 0.333. The Kier molecular flexibility index (Phi) is 5.49. The van der Waals surface area contributed by atoms with Crippen LogP contribution in [0.2, 0.25) is 5.02 Å². The normalized spacial score (nSPS) is 16.3. The smallest absolute Gasteiger partial charge is 0.265 e. The number of carbonyl (C=O) groups is 2. The number of methoxy groups -OCH3 is 1. The predicted octanol–water partition coefficient (Wildman–Crippen LogP) is 2.42. The average molecular weight is 416 g/mol. The standard InChI is InChI=1S/C21H22ClN3O4/c1-28-18-5-3-2-4-16(18)23-8-10-24(11-9-23)20(26)13-25-17-12-15(22)6-7-19(17)29-14-21(25)27/h2-7,12H,8-11,13-14H2,1H3. The van der Waals surface area contributed by atoms with E-state index in [2.05, 4.69) is 4.90 Å². The molecule has 0 N–H and O–H groups in total. The largest absolute Gasteiger partial charge is 0.495 e. The van der Waals surface area contributed by atoms with Crippen molar-refractivity contribution in [3.63, 3.8) is 0 Å². The molecule has 1 fully saturated rings. The highest BCUT2D eigenvalue weighted by Crippen LogP contribution is 2.34. The number of hydrogen-bond acceptors (Lipinski definition) is 5. The number of ether oxygens (including phenoxy) is 2. The maximum absolute atomic E-state index is 12.9. The van der Waals surface area contributed by atoms with Crippen molar-refractivity contribution in [1.82, 2.24) is 4.90 Å². The molecule has 8 heteroatoms. The van der Waals surface area contributed by atoms with Crippen molar-refractivity contribution in [2.75, 3.05) is 56.2 Å². The monoisotopic (exact) mass is 415 g/mol. The number of benzene rings is 2. The quantitative estimate of drug-likeness (QED) is 0.767. The second kappa shape index (κ2) is 8.21. The van der Waals surface area contributed by atoms with E-state index in [1.54, 1.807) is 30.2 Å². The lowest BCUT2D eigenvalue weighted by Gasteiger charge is -2.38. The van der Waals surface area contributed by atoms with Crippen LogP contribution in [0.4, 0.5) is 11.4 Å². The second-order valence-electron chi connectivity index (χ2n) is 6.92. The molecule has 2 aromatic carbocycles. The number of piperazine rings is 1. The lowest BCUT2D eigenvalue weighted by molar-refractivity contribution is -0.132. The van der Waals surface area contributed by atoms with Crippen LogP contribution < -0.4 is 19.3 Å². The summed E-state index contributed by atoms with van der Waals surface area (Å²) >= 11 is 6.07. The number of carbonyl (C=O) groups excluding carboxylic acids is 2. The van der Waals surface area contributed by atoms with Crippen LogP contribution in [0.25, 0.3) is 0 Å². The molecule has 1 saturated heterocycles. The summed E-state index contributed by atoms with van der Waals surface area (Å²) < 4.78 is 10.9. The molecule has 0 bridgehead atoms. The fourth-order valence-corrected chi connectivity index (χ4v) is 3.84. The van der Waals surface area contributed by atoms with Crippen LogP contribution in [0, 0.1) is 0 Å². The van der Waals surface area contributed by atoms with E-state index in [-0.39, 0.29) is 25.0 Å². The molecule has 0 spiro atoms. The summed E-state index contributed by atoms with van der Waals surface area (Å²) in [6.45, 7) is 2.46. The molecule has 0 unspecified atom stereocenters. The van der Waals surface area contributed by atoms with Gasteiger partial charge in [-0.25, -0.2) is 0 Å². The van der Waals surface area contributed by atoms with Crippen LogP contribution in [0.5, 0.6) is 11.5 Å². The molecule has 0 radical (unpaired) electrons. The van der Waals surface area contributed by atoms with Crippen molar-refractivity contribution in [2.45, 2.75) is 0 Å². The molecule has 2 aliphatic rings. The zero-order valence-corrected chi connectivity index (χ0v) is 16.9. The van der Waals surface area contributed by atoms with Gasteiger partial charge in [0.2, 0.25) is 5.91 Å². The third-order valence-electron chi connectivity index (χ3n) is 5.22. The number of amides is 2. The molecular formula is C21H22ClN3O4. The molecule has 29 heavy (non-hydrogen) atoms. The van der Waals surface area contributed by atoms with Crippen LogP contribution in [-0.2, 0) is 9.59 Å². The first-order valence-corrected chi connectivity index (χ1v) is 9.83. The number of rotatable bonds is 4. The molecule has 7 nitrogen and oxygen atoms in total. The van der Waals surface area contributed by atoms with Crippen LogP contribution in [0.15, 0.2) is 42.5 Å². The Morgan fingerprint density at radius 2 is 1.86 bits per heavy atom. The highest BCUT2D eigenvalue weighted by molar-refractivity contribution is 6.31. The molecule has 2 aliphatic heterocycles. The van der Waals surface area contributed by atoms with Gasteiger partial charge in [0.15, 0.2) is 6.61 Å². The van der Waals surface area contributed by atoms with Gasteiger partial charge in [0, 0.05) is 31.2 Å². The number of halogens is 1. The number of anilines is 2. The average Bonchev–Trinajstić information content (AvgIpc) is 2.76. The van der Waals surface area contributed by atoms with Crippen molar-refractivity contribution in [3.8, 4) is 11.5 Å². The SMILES string of the molecule is COc1ccccc1N1CCN(C(=O)CN2C(=O)COc3ccc(Cl)cc32)CC1. The van der Waals surface area contributed by atoms with E-state index in [1.165, 1.54) is 4.90 Å². The summed E-state index contributed by atoms with van der Waals surface area (Å²) in [7, 11) is 1.65. The minimum atomic E-state index is -0.249. The van der Waals surface area contributed by atoms with E-state index in [0.29, 0.717) is 42.6 Å². The van der Waals surface area contributed by atoms with Gasteiger partial charge in [-0.1, -0.05) is 23.7 Å². The van der Waals surface area contributed by atoms with E-state index in [9.17, 15) is 9.59 Å². The highest BCUT2D eigenvalue weighted by atomic mass is 35.5. The Morgan fingerprint density at radius 1 is 1.10 bits per heavy atom. The Hall–Kier alpha value is -2.93. The molecule has 2 aromatic rings. The van der Waals surface area contributed by atoms with E-state index < -0.39 is 0 Å². The zero-order valence-electron chi connectivity index (χ0n) is 16.1. The van der Waals surface area contributed by atoms with Crippen molar-refractivity contribution in [3.05, 3.63) is 47.5 Å². The Balaban J connectivity index is 1.42. The number of fused-ring (bicyclic) bond motifs is 1. The molecule has 2 amide bonds. The maximum atomic E-state index is 12.9. The van der Waals surface area contributed by atoms with Crippen molar-refractivity contribution < 1.29 is 19.1 Å². The summed E-state index contributed by atoms with van der Waals surface area (Å²) in [5.74, 6) is 1.04. The third-order valence-corrected chi connectivity index (χ3v) is 5.45. The second-order valence-corrected chi connectivity index (χ2v) is 7.36. The first-order chi connectivity index (χ1) is 14.1. The van der Waals surface area contributed by atoms with Gasteiger partial charge >= 0.3 is 0 Å². The van der Waals surface area contributed by atoms with E-state index >= 15 is 0 Å². The van der Waals surface area contributed by atoms with Gasteiger partial charge in [-0.2, -0.15) is 0 Å². The van der Waals surface area contributed by atoms with Crippen LogP contribution in [0.3, 0.4) is 0 Å². The van der Waals surface area contributed by atoms with Gasteiger partial charge in [0.25, 0.3) is 5.91 Å². The molecule has 152 valence electrons. The summed E-state index contributed by atoms with van der Waals surface area (Å²) in [6, 6.07) is 12.9. The summed E-state index contributed by atoms with van der Waals surface area (Å²) in [5, 5.41) is 0.491. The molecule has 0 aromatic heterocycles. The van der Waals surface area contributed by atoms with E-state index in [1.807, 2.05) is 24.3 Å². The van der Waals surface area contributed by atoms with E-state index in [4.69, 9.17) is 21.1 Å². The first-order valence-electron chi connectivity index (χ1n) is 9.45. The van der Waals surface area contributed by atoms with Crippen molar-refractivity contribution in [2.24, 2.45) is 0 Å². The minimum Gasteiger partial charge on any atom is -0.495 e. The van der Waals surface area contributed by atoms with Crippen LogP contribution >= 0.6 is 11.6 Å². The lowest BCUT2D eigenvalue weighted by atomic mass is 10.2. The topological polar surface area (TPSA) is 62.3 Å². The summed E-state index contributed by atoms with van der Waals surface area (Å²) in [4.78, 5) is 30.7. The van der Waals surface area contributed by atoms with E-state index in [0.717, 1.165) is 11.4 Å². The van der Waals surface area contributed by atoms with Gasteiger partial charge < -0.3 is 19.3 Å². The Morgan fingerprint density at radius 3 is 2.62 bits per heavy atom. The predicted molar refractivity (Wildman–Crippen MR) is 111 cm³/mol. The molecule has 0 aliphatic carbocycles. The molecule has 0 atom stereocenters. The summed E-state index contributed by atoms with van der Waals surface area (Å²) in [5.41, 5.74) is 1.56. The highest BCUT2D eigenvalue weighted by Gasteiger charge is 2.30. The molecule has 4 rings (SSSR count). The van der Waals surface area contributed by atoms with Gasteiger partial charge in [-0.3, -0.25) is 14.5 Å². The Labute approximate surface area is 174 Å². The molecule has 2 heterocycles. The fourth-order valence-electron chi connectivity index (χ4n) is 3.67. The van der Waals surface area contributed by atoms with Gasteiger partial charge in [-0.15, -0.1) is 0 Å². The number of nitrogens with zero attached hydrogens (tertiary/aromatic N) is 3. The maximum Gasteiger partial charge on any atom is 0.265 e. The number of para-hydroxylation sites is 2. The molecular weight excluding hydrogens is 394 g/mol. The first kappa shape index (κ1) is 19.4. The van der Waals surface area contributed by atoms with Crippen LogP contribution in [0.1, 0.15) is 0 Å². The van der Waals surface area contributed by atoms with Crippen LogP contribution in [-0.4, -0.2) is 63.2 Å².